The minimum Gasteiger partial charge on any atom is -0.378 e. The first-order valence-corrected chi connectivity index (χ1v) is 11.3. The van der Waals surface area contributed by atoms with Gasteiger partial charge in [0.1, 0.15) is 0 Å². The van der Waals surface area contributed by atoms with Crippen molar-refractivity contribution >= 4 is 45.6 Å². The second kappa shape index (κ2) is 12.1. The van der Waals surface area contributed by atoms with Gasteiger partial charge in [-0.25, -0.2) is 13.4 Å². The van der Waals surface area contributed by atoms with Gasteiger partial charge >= 0.3 is 15.5 Å². The summed E-state index contributed by atoms with van der Waals surface area (Å²) in [6, 6.07) is 8.05. The molecule has 178 valence electrons. The summed E-state index contributed by atoms with van der Waals surface area (Å²) in [5.74, 6) is 0.698. The highest BCUT2D eigenvalue weighted by atomic mass is 127. The molecular formula is C19H31F3IN5O2S. The van der Waals surface area contributed by atoms with Gasteiger partial charge in [0.25, 0.3) is 0 Å². The van der Waals surface area contributed by atoms with E-state index in [0.717, 1.165) is 11.3 Å². The predicted octanol–water partition coefficient (Wildman–Crippen LogP) is 2.99. The molecule has 2 rings (SSSR count). The van der Waals surface area contributed by atoms with E-state index in [1.807, 2.05) is 44.1 Å². The lowest BCUT2D eigenvalue weighted by Gasteiger charge is -2.31. The number of nitrogens with one attached hydrogen (secondary N) is 2. The summed E-state index contributed by atoms with van der Waals surface area (Å²) in [7, 11) is -1.30. The van der Waals surface area contributed by atoms with Crippen LogP contribution in [-0.4, -0.2) is 64.5 Å². The van der Waals surface area contributed by atoms with E-state index in [1.165, 1.54) is 0 Å². The Balaban J connectivity index is 0.00000480. The smallest absolute Gasteiger partial charge is 0.378 e. The summed E-state index contributed by atoms with van der Waals surface area (Å²) >= 11 is 0. The van der Waals surface area contributed by atoms with Gasteiger partial charge < -0.3 is 15.5 Å². The van der Waals surface area contributed by atoms with Gasteiger partial charge in [0.2, 0.25) is 0 Å². The molecule has 31 heavy (non-hydrogen) atoms. The minimum atomic E-state index is -5.24. The maximum absolute atomic E-state index is 12.7. The molecule has 1 fully saturated rings. The topological polar surface area (TPSA) is 77.0 Å². The van der Waals surface area contributed by atoms with E-state index in [-0.39, 0.29) is 43.0 Å². The Morgan fingerprint density at radius 2 is 1.87 bits per heavy atom. The highest BCUT2D eigenvalue weighted by molar-refractivity contribution is 14.0. The first kappa shape index (κ1) is 27.8. The van der Waals surface area contributed by atoms with Gasteiger partial charge in [-0.3, -0.25) is 0 Å². The maximum Gasteiger partial charge on any atom is 0.511 e. The Kier molecular flexibility index (Phi) is 10.8. The van der Waals surface area contributed by atoms with E-state index in [2.05, 4.69) is 21.7 Å². The quantitative estimate of drug-likeness (QED) is 0.296. The summed E-state index contributed by atoms with van der Waals surface area (Å²) < 4.78 is 61.6. The maximum atomic E-state index is 12.7. The van der Waals surface area contributed by atoms with Crippen LogP contribution in [0, 0.1) is 5.92 Å². The van der Waals surface area contributed by atoms with E-state index in [4.69, 9.17) is 0 Å². The molecule has 1 aromatic carbocycles. The van der Waals surface area contributed by atoms with Crippen molar-refractivity contribution < 1.29 is 21.6 Å². The van der Waals surface area contributed by atoms with Crippen LogP contribution in [0.5, 0.6) is 0 Å². The second-order valence-electron chi connectivity index (χ2n) is 7.43. The molecule has 0 bridgehead atoms. The third-order valence-corrected chi connectivity index (χ3v) is 6.58. The third-order valence-electron chi connectivity index (χ3n) is 4.96. The molecule has 7 nitrogen and oxygen atoms in total. The van der Waals surface area contributed by atoms with Crippen LogP contribution in [-0.2, 0) is 16.6 Å². The lowest BCUT2D eigenvalue weighted by molar-refractivity contribution is -0.0496. The average Bonchev–Trinajstić information content (AvgIpc) is 2.69. The standard InChI is InChI=1S/C19H30F3N5O2S.HI/c1-4-23-18(25-14-16-6-5-7-17(12-16)26(2)3)24-13-15-8-10-27(11-9-15)30(28,29)19(20,21)22;/h5-7,12,15H,4,8-11,13-14H2,1-3H3,(H2,23,24,25);1H. The van der Waals surface area contributed by atoms with E-state index >= 15 is 0 Å². The van der Waals surface area contributed by atoms with E-state index in [0.29, 0.717) is 42.7 Å². The zero-order valence-corrected chi connectivity index (χ0v) is 21.1. The van der Waals surface area contributed by atoms with Crippen LogP contribution in [0.4, 0.5) is 18.9 Å². The number of hydrogen-bond donors (Lipinski definition) is 2. The van der Waals surface area contributed by atoms with E-state index in [1.54, 1.807) is 0 Å². The van der Waals surface area contributed by atoms with Crippen molar-refractivity contribution in [2.24, 2.45) is 10.9 Å². The van der Waals surface area contributed by atoms with Gasteiger partial charge in [-0.15, -0.1) is 24.0 Å². The van der Waals surface area contributed by atoms with Crippen molar-refractivity contribution in [1.82, 2.24) is 14.9 Å². The number of nitrogens with zero attached hydrogens (tertiary/aromatic N) is 3. The Bertz CT molecular complexity index is 826. The normalized spacial score (nSPS) is 16.5. The molecule has 0 amide bonds. The van der Waals surface area contributed by atoms with Crippen molar-refractivity contribution in [2.45, 2.75) is 31.8 Å². The lowest BCUT2D eigenvalue weighted by atomic mass is 9.98. The number of aliphatic imine (C=N–C) groups is 1. The fourth-order valence-electron chi connectivity index (χ4n) is 3.19. The van der Waals surface area contributed by atoms with Crippen LogP contribution in [0.3, 0.4) is 0 Å². The molecule has 0 atom stereocenters. The highest BCUT2D eigenvalue weighted by Gasteiger charge is 2.50. The van der Waals surface area contributed by atoms with Gasteiger partial charge in [-0.1, -0.05) is 12.1 Å². The molecule has 0 unspecified atom stereocenters. The zero-order valence-electron chi connectivity index (χ0n) is 17.9. The van der Waals surface area contributed by atoms with Crippen molar-refractivity contribution in [3.63, 3.8) is 0 Å². The average molecular weight is 577 g/mol. The Morgan fingerprint density at radius 3 is 2.42 bits per heavy atom. The van der Waals surface area contributed by atoms with E-state index < -0.39 is 15.5 Å². The van der Waals surface area contributed by atoms with Gasteiger partial charge in [0.15, 0.2) is 5.96 Å². The number of sulfonamides is 1. The first-order chi connectivity index (χ1) is 14.0. The molecule has 0 aliphatic carbocycles. The summed E-state index contributed by atoms with van der Waals surface area (Å²) in [4.78, 5) is 6.59. The lowest BCUT2D eigenvalue weighted by Crippen LogP contribution is -2.47. The Morgan fingerprint density at radius 1 is 1.23 bits per heavy atom. The fraction of sp³-hybridized carbons (Fsp3) is 0.632. The number of piperidine rings is 1. The Hall–Kier alpha value is -1.28. The van der Waals surface area contributed by atoms with Crippen LogP contribution in [0.2, 0.25) is 0 Å². The molecule has 12 heteroatoms. The molecule has 0 saturated carbocycles. The number of benzene rings is 1. The molecule has 1 aliphatic rings. The molecule has 0 aromatic heterocycles. The SMILES string of the molecule is CCNC(=NCc1cccc(N(C)C)c1)NCC1CCN(S(=O)(=O)C(F)(F)F)CC1.I. The van der Waals surface area contributed by atoms with Crippen LogP contribution in [0.1, 0.15) is 25.3 Å². The number of rotatable bonds is 7. The number of halogens is 4. The highest BCUT2D eigenvalue weighted by Crippen LogP contribution is 2.30. The number of hydrogen-bond acceptors (Lipinski definition) is 4. The summed E-state index contributed by atoms with van der Waals surface area (Å²) in [6.07, 6.45) is 0.735. The molecule has 1 aromatic rings. The molecule has 1 saturated heterocycles. The van der Waals surface area contributed by atoms with Gasteiger partial charge in [0.05, 0.1) is 6.54 Å². The number of anilines is 1. The largest absolute Gasteiger partial charge is 0.511 e. The van der Waals surface area contributed by atoms with Crippen molar-refractivity contribution in [3.05, 3.63) is 29.8 Å². The molecule has 0 spiro atoms. The first-order valence-electron chi connectivity index (χ1n) is 9.89. The fourth-order valence-corrected chi connectivity index (χ4v) is 4.17. The summed E-state index contributed by atoms with van der Waals surface area (Å²) in [5.41, 5.74) is -3.10. The van der Waals surface area contributed by atoms with Gasteiger partial charge in [-0.05, 0) is 43.4 Å². The minimum absolute atomic E-state index is 0. The van der Waals surface area contributed by atoms with Crippen LogP contribution >= 0.6 is 24.0 Å². The van der Waals surface area contributed by atoms with Crippen molar-refractivity contribution in [2.75, 3.05) is 45.2 Å². The molecule has 0 radical (unpaired) electrons. The molecule has 1 aliphatic heterocycles. The Labute approximate surface area is 199 Å². The zero-order chi connectivity index (χ0) is 22.4. The van der Waals surface area contributed by atoms with Crippen LogP contribution < -0.4 is 15.5 Å². The molecule has 1 heterocycles. The summed E-state index contributed by atoms with van der Waals surface area (Å²) in [5, 5.41) is 6.38. The summed E-state index contributed by atoms with van der Waals surface area (Å²) in [6.45, 7) is 3.37. The number of guanidine groups is 1. The van der Waals surface area contributed by atoms with Crippen molar-refractivity contribution in [1.29, 1.82) is 0 Å². The van der Waals surface area contributed by atoms with Crippen LogP contribution in [0.25, 0.3) is 0 Å². The molecule has 2 N–H and O–H groups in total. The molecular weight excluding hydrogens is 546 g/mol. The predicted molar refractivity (Wildman–Crippen MR) is 128 cm³/mol. The van der Waals surface area contributed by atoms with E-state index in [9.17, 15) is 21.6 Å². The monoisotopic (exact) mass is 577 g/mol. The van der Waals surface area contributed by atoms with Gasteiger partial charge in [-0.2, -0.15) is 17.5 Å². The van der Waals surface area contributed by atoms with Crippen LogP contribution in [0.15, 0.2) is 29.3 Å². The number of alkyl halides is 3. The second-order valence-corrected chi connectivity index (χ2v) is 9.36. The van der Waals surface area contributed by atoms with Gasteiger partial charge in [0, 0.05) is 46.0 Å². The van der Waals surface area contributed by atoms with Crippen molar-refractivity contribution in [3.8, 4) is 0 Å². The third kappa shape index (κ3) is 7.97.